The fourth-order valence-electron chi connectivity index (χ4n) is 3.04. The summed E-state index contributed by atoms with van der Waals surface area (Å²) in [6.07, 6.45) is 0. The van der Waals surface area contributed by atoms with Gasteiger partial charge in [-0.1, -0.05) is 15.9 Å². The van der Waals surface area contributed by atoms with Gasteiger partial charge in [0.05, 0.1) is 17.8 Å². The van der Waals surface area contributed by atoms with E-state index in [0.29, 0.717) is 12.6 Å². The van der Waals surface area contributed by atoms with Crippen LogP contribution in [0.4, 0.5) is 5.95 Å². The number of halogens is 1. The van der Waals surface area contributed by atoms with Gasteiger partial charge in [-0.25, -0.2) is 5.43 Å². The first-order valence-electron chi connectivity index (χ1n) is 8.88. The monoisotopic (exact) mass is 438 g/mol. The Morgan fingerprint density at radius 3 is 2.71 bits per heavy atom. The Kier molecular flexibility index (Phi) is 4.95. The third-order valence-corrected chi connectivity index (χ3v) is 4.96. The molecule has 0 amide bonds. The second-order valence-corrected chi connectivity index (χ2v) is 7.21. The van der Waals surface area contributed by atoms with Crippen molar-refractivity contribution in [3.05, 3.63) is 52.5 Å². The highest BCUT2D eigenvalue weighted by Gasteiger charge is 2.13. The summed E-state index contributed by atoms with van der Waals surface area (Å²) in [5.41, 5.74) is 7.26. The lowest BCUT2D eigenvalue weighted by Gasteiger charge is -2.05. The minimum atomic E-state index is 0.350. The molecule has 0 aliphatic rings. The van der Waals surface area contributed by atoms with Crippen LogP contribution in [0, 0.1) is 0 Å². The van der Waals surface area contributed by atoms with Crippen molar-refractivity contribution in [1.82, 2.24) is 19.7 Å². The van der Waals surface area contributed by atoms with E-state index in [0.717, 1.165) is 43.6 Å². The Bertz CT molecular complexity index is 1180. The van der Waals surface area contributed by atoms with E-state index in [1.807, 2.05) is 67.9 Å². The van der Waals surface area contributed by atoms with E-state index in [4.69, 9.17) is 4.74 Å². The van der Waals surface area contributed by atoms with Crippen molar-refractivity contribution in [1.29, 1.82) is 0 Å². The predicted octanol–water partition coefficient (Wildman–Crippen LogP) is 4.51. The van der Waals surface area contributed by atoms with Gasteiger partial charge in [-0.3, -0.25) is 0 Å². The molecule has 0 aliphatic heterocycles. The van der Waals surface area contributed by atoms with Gasteiger partial charge in [-0.15, -0.1) is 10.2 Å². The Morgan fingerprint density at radius 2 is 1.96 bits per heavy atom. The number of aromatic nitrogens is 4. The number of rotatable bonds is 5. The molecule has 142 valence electrons. The van der Waals surface area contributed by atoms with Gasteiger partial charge in [0.25, 0.3) is 5.95 Å². The molecule has 0 saturated heterocycles. The Balaban J connectivity index is 1.61. The summed E-state index contributed by atoms with van der Waals surface area (Å²) in [5, 5.41) is 13.9. The number of hydrazone groups is 1. The van der Waals surface area contributed by atoms with Crippen LogP contribution in [0.15, 0.2) is 52.0 Å². The Labute approximate surface area is 170 Å². The van der Waals surface area contributed by atoms with E-state index in [1.54, 1.807) is 0 Å². The van der Waals surface area contributed by atoms with E-state index in [9.17, 15) is 0 Å². The number of aryl methyl sites for hydroxylation is 1. The van der Waals surface area contributed by atoms with Crippen LogP contribution in [-0.2, 0) is 7.05 Å². The summed E-state index contributed by atoms with van der Waals surface area (Å²) in [6, 6.07) is 13.8. The van der Waals surface area contributed by atoms with Crippen molar-refractivity contribution in [3.63, 3.8) is 0 Å². The van der Waals surface area contributed by atoms with Crippen LogP contribution in [-0.4, -0.2) is 32.1 Å². The van der Waals surface area contributed by atoms with Crippen molar-refractivity contribution in [3.8, 4) is 5.75 Å². The minimum absolute atomic E-state index is 0.350. The molecule has 0 saturated carbocycles. The first-order valence-corrected chi connectivity index (χ1v) is 9.68. The van der Waals surface area contributed by atoms with Crippen LogP contribution < -0.4 is 10.2 Å². The summed E-state index contributed by atoms with van der Waals surface area (Å²) >= 11 is 3.50. The van der Waals surface area contributed by atoms with E-state index in [1.165, 1.54) is 0 Å². The van der Waals surface area contributed by atoms with Crippen molar-refractivity contribution >= 4 is 49.7 Å². The Morgan fingerprint density at radius 1 is 1.18 bits per heavy atom. The Hall–Kier alpha value is -3.00. The number of nitrogens with zero attached hydrogens (tertiary/aromatic N) is 5. The molecule has 4 rings (SSSR count). The molecule has 8 heteroatoms. The van der Waals surface area contributed by atoms with Crippen LogP contribution in [0.2, 0.25) is 0 Å². The topological polar surface area (TPSA) is 77.2 Å². The van der Waals surface area contributed by atoms with Gasteiger partial charge >= 0.3 is 0 Å². The molecule has 1 N–H and O–H groups in total. The molecule has 4 aromatic rings. The lowest BCUT2D eigenvalue weighted by Crippen LogP contribution is -2.04. The van der Waals surface area contributed by atoms with E-state index in [-0.39, 0.29) is 0 Å². The van der Waals surface area contributed by atoms with Gasteiger partial charge in [0, 0.05) is 16.9 Å². The quantitative estimate of drug-likeness (QED) is 0.366. The maximum atomic E-state index is 5.47. The summed E-state index contributed by atoms with van der Waals surface area (Å²) in [6.45, 7) is 4.53. The number of ether oxygens (including phenoxy) is 1. The second-order valence-electron chi connectivity index (χ2n) is 6.29. The fourth-order valence-corrected chi connectivity index (χ4v) is 3.40. The SMILES string of the molecule is CCOc1ccc(/C(C)=N/Nc2nnc3c4cc(Br)ccc4n(C)c3n2)cc1. The molecular weight excluding hydrogens is 420 g/mol. The first kappa shape index (κ1) is 18.4. The highest BCUT2D eigenvalue weighted by molar-refractivity contribution is 9.10. The predicted molar refractivity (Wildman–Crippen MR) is 115 cm³/mol. The zero-order valence-corrected chi connectivity index (χ0v) is 17.4. The molecule has 2 aromatic heterocycles. The average Bonchev–Trinajstić information content (AvgIpc) is 2.98. The molecule has 2 heterocycles. The number of benzene rings is 2. The average molecular weight is 439 g/mol. The fraction of sp³-hybridized carbons (Fsp3) is 0.200. The van der Waals surface area contributed by atoms with Gasteiger partial charge in [0.15, 0.2) is 5.65 Å². The van der Waals surface area contributed by atoms with Crippen LogP contribution in [0.25, 0.3) is 22.1 Å². The van der Waals surface area contributed by atoms with Gasteiger partial charge in [-0.05, 0) is 61.9 Å². The summed E-state index contributed by atoms with van der Waals surface area (Å²) in [5.74, 6) is 1.19. The molecule has 0 fully saturated rings. The normalized spacial score (nSPS) is 11.9. The minimum Gasteiger partial charge on any atom is -0.494 e. The number of nitrogens with one attached hydrogen (secondary N) is 1. The molecule has 2 aromatic carbocycles. The van der Waals surface area contributed by atoms with E-state index < -0.39 is 0 Å². The van der Waals surface area contributed by atoms with Crippen molar-refractivity contribution in [2.75, 3.05) is 12.0 Å². The molecule has 0 atom stereocenters. The third kappa shape index (κ3) is 3.43. The standard InChI is InChI=1S/C20H19BrN6O/c1-4-28-15-8-5-13(6-9-15)12(2)23-25-20-22-19-18(24-26-20)16-11-14(21)7-10-17(16)27(19)3/h5-11H,4H2,1-3H3,(H,22,25,26)/b23-12+. The van der Waals surface area contributed by atoms with Gasteiger partial charge < -0.3 is 9.30 Å². The van der Waals surface area contributed by atoms with Crippen LogP contribution >= 0.6 is 15.9 Å². The van der Waals surface area contributed by atoms with Gasteiger partial charge in [0.1, 0.15) is 11.3 Å². The molecular formula is C20H19BrN6O. The first-order chi connectivity index (χ1) is 13.6. The summed E-state index contributed by atoms with van der Waals surface area (Å²) in [4.78, 5) is 4.58. The van der Waals surface area contributed by atoms with Crippen LogP contribution in [0.3, 0.4) is 0 Å². The van der Waals surface area contributed by atoms with Crippen molar-refractivity contribution < 1.29 is 4.74 Å². The summed E-state index contributed by atoms with van der Waals surface area (Å²) in [7, 11) is 1.96. The maximum Gasteiger partial charge on any atom is 0.265 e. The smallest absolute Gasteiger partial charge is 0.265 e. The molecule has 0 bridgehead atoms. The summed E-state index contributed by atoms with van der Waals surface area (Å²) < 4.78 is 8.46. The van der Waals surface area contributed by atoms with E-state index >= 15 is 0 Å². The third-order valence-electron chi connectivity index (χ3n) is 4.47. The van der Waals surface area contributed by atoms with Gasteiger partial charge in [-0.2, -0.15) is 10.1 Å². The lowest BCUT2D eigenvalue weighted by molar-refractivity contribution is 0.340. The zero-order valence-electron chi connectivity index (χ0n) is 15.8. The highest BCUT2D eigenvalue weighted by atomic mass is 79.9. The highest BCUT2D eigenvalue weighted by Crippen LogP contribution is 2.28. The molecule has 28 heavy (non-hydrogen) atoms. The largest absolute Gasteiger partial charge is 0.494 e. The van der Waals surface area contributed by atoms with Crippen LogP contribution in [0.5, 0.6) is 5.75 Å². The van der Waals surface area contributed by atoms with Gasteiger partial charge in [0.2, 0.25) is 0 Å². The molecule has 0 spiro atoms. The lowest BCUT2D eigenvalue weighted by atomic mass is 10.1. The van der Waals surface area contributed by atoms with Crippen molar-refractivity contribution in [2.24, 2.45) is 12.1 Å². The molecule has 0 aliphatic carbocycles. The zero-order chi connectivity index (χ0) is 19.7. The van der Waals surface area contributed by atoms with Crippen LogP contribution in [0.1, 0.15) is 19.4 Å². The number of hydrogen-bond donors (Lipinski definition) is 1. The maximum absolute atomic E-state index is 5.47. The van der Waals surface area contributed by atoms with E-state index in [2.05, 4.69) is 41.6 Å². The second kappa shape index (κ2) is 7.55. The van der Waals surface area contributed by atoms with Crippen molar-refractivity contribution in [2.45, 2.75) is 13.8 Å². The number of hydrogen-bond acceptors (Lipinski definition) is 6. The molecule has 0 unspecified atom stereocenters. The molecule has 7 nitrogen and oxygen atoms in total. The number of anilines is 1. The number of fused-ring (bicyclic) bond motifs is 3. The molecule has 0 radical (unpaired) electrons.